The molecule has 1 heterocycles. The van der Waals surface area contributed by atoms with Crippen molar-refractivity contribution in [3.05, 3.63) is 51.5 Å². The van der Waals surface area contributed by atoms with E-state index in [0.717, 1.165) is 9.33 Å². The molecule has 0 spiro atoms. The summed E-state index contributed by atoms with van der Waals surface area (Å²) in [5.74, 6) is 0.906. The van der Waals surface area contributed by atoms with Crippen LogP contribution in [0.3, 0.4) is 0 Å². The van der Waals surface area contributed by atoms with Crippen LogP contribution in [-0.4, -0.2) is 18.7 Å². The van der Waals surface area contributed by atoms with Gasteiger partial charge in [0.15, 0.2) is 10.4 Å². The lowest BCUT2D eigenvalue weighted by atomic mass is 10.2. The molecule has 0 aliphatic heterocycles. The number of carbonyl (C=O) groups excluding carboxylic acids is 1. The minimum atomic E-state index is -0.330. The summed E-state index contributed by atoms with van der Waals surface area (Å²) in [7, 11) is 0. The second-order valence-electron chi connectivity index (χ2n) is 4.04. The molecule has 2 aromatic rings. The molecule has 6 heteroatoms. The maximum Gasteiger partial charge on any atom is 0.277 e. The number of hydrogen-bond acceptors (Lipinski definition) is 4. The Labute approximate surface area is 130 Å². The number of nitrogens with zero attached hydrogens (tertiary/aromatic N) is 1. The largest absolute Gasteiger partial charge is 0.484 e. The highest BCUT2D eigenvalue weighted by molar-refractivity contribution is 14.1. The second kappa shape index (κ2) is 7.09. The minimum Gasteiger partial charge on any atom is -0.484 e. The molecule has 20 heavy (non-hydrogen) atoms. The molecule has 1 aromatic carbocycles. The quantitative estimate of drug-likeness (QED) is 0.490. The number of hydrazone groups is 1. The Balaban J connectivity index is 1.77. The van der Waals surface area contributed by atoms with Crippen molar-refractivity contribution in [3.63, 3.8) is 0 Å². The first-order valence-corrected chi connectivity index (χ1v) is 6.98. The van der Waals surface area contributed by atoms with Gasteiger partial charge >= 0.3 is 0 Å². The molecule has 0 unspecified atom stereocenters. The molecule has 0 fully saturated rings. The SMILES string of the molecule is Cc1cccc(OCC(=O)N/N=C\c2ccc(I)o2)c1. The van der Waals surface area contributed by atoms with E-state index in [4.69, 9.17) is 9.15 Å². The number of ether oxygens (including phenoxy) is 1. The first-order valence-electron chi connectivity index (χ1n) is 5.90. The fourth-order valence-corrected chi connectivity index (χ4v) is 1.89. The number of benzene rings is 1. The second-order valence-corrected chi connectivity index (χ2v) is 5.10. The van der Waals surface area contributed by atoms with E-state index in [1.165, 1.54) is 6.21 Å². The van der Waals surface area contributed by atoms with Crippen molar-refractivity contribution in [1.82, 2.24) is 5.43 Å². The Morgan fingerprint density at radius 1 is 1.45 bits per heavy atom. The number of amides is 1. The summed E-state index contributed by atoms with van der Waals surface area (Å²) in [5.41, 5.74) is 3.45. The van der Waals surface area contributed by atoms with Crippen LogP contribution in [0.4, 0.5) is 0 Å². The van der Waals surface area contributed by atoms with Gasteiger partial charge in [0.25, 0.3) is 5.91 Å². The summed E-state index contributed by atoms with van der Waals surface area (Å²) in [5, 5.41) is 3.78. The Bertz CT molecular complexity index is 622. The van der Waals surface area contributed by atoms with Gasteiger partial charge in [0.2, 0.25) is 0 Å². The molecule has 1 N–H and O–H groups in total. The third kappa shape index (κ3) is 4.69. The van der Waals surface area contributed by atoms with Gasteiger partial charge in [0.1, 0.15) is 11.5 Å². The molecule has 0 aliphatic carbocycles. The summed E-state index contributed by atoms with van der Waals surface area (Å²) in [6, 6.07) is 11.1. The van der Waals surface area contributed by atoms with E-state index in [2.05, 4.69) is 33.1 Å². The van der Waals surface area contributed by atoms with Crippen molar-refractivity contribution in [1.29, 1.82) is 0 Å². The molecule has 0 bridgehead atoms. The maximum absolute atomic E-state index is 11.5. The van der Waals surface area contributed by atoms with Crippen LogP contribution in [0.5, 0.6) is 5.75 Å². The number of hydrogen-bond donors (Lipinski definition) is 1. The van der Waals surface area contributed by atoms with Crippen molar-refractivity contribution in [3.8, 4) is 5.75 Å². The third-order valence-corrected chi connectivity index (χ3v) is 2.91. The van der Waals surface area contributed by atoms with Gasteiger partial charge in [-0.1, -0.05) is 12.1 Å². The molecule has 0 aliphatic rings. The van der Waals surface area contributed by atoms with Crippen LogP contribution in [0, 0.1) is 10.7 Å². The Kier molecular flexibility index (Phi) is 5.16. The summed E-state index contributed by atoms with van der Waals surface area (Å²) < 4.78 is 11.4. The van der Waals surface area contributed by atoms with Crippen molar-refractivity contribution in [2.75, 3.05) is 6.61 Å². The monoisotopic (exact) mass is 384 g/mol. The van der Waals surface area contributed by atoms with Crippen molar-refractivity contribution in [2.45, 2.75) is 6.92 Å². The molecule has 0 atom stereocenters. The molecule has 5 nitrogen and oxygen atoms in total. The van der Waals surface area contributed by atoms with E-state index in [1.54, 1.807) is 12.1 Å². The molecule has 1 aromatic heterocycles. The Morgan fingerprint density at radius 2 is 2.30 bits per heavy atom. The van der Waals surface area contributed by atoms with Gasteiger partial charge in [-0.25, -0.2) is 5.43 Å². The highest BCUT2D eigenvalue weighted by atomic mass is 127. The van der Waals surface area contributed by atoms with Crippen LogP contribution in [0.1, 0.15) is 11.3 Å². The summed E-state index contributed by atoms with van der Waals surface area (Å²) in [6.07, 6.45) is 1.44. The highest BCUT2D eigenvalue weighted by Crippen LogP contribution is 2.11. The topological polar surface area (TPSA) is 63.8 Å². The Hall–Kier alpha value is -1.83. The zero-order valence-electron chi connectivity index (χ0n) is 10.8. The zero-order valence-corrected chi connectivity index (χ0v) is 13.0. The minimum absolute atomic E-state index is 0.0868. The number of furan rings is 1. The predicted molar refractivity (Wildman–Crippen MR) is 83.8 cm³/mol. The van der Waals surface area contributed by atoms with Gasteiger partial charge in [-0.3, -0.25) is 4.79 Å². The van der Waals surface area contributed by atoms with Crippen LogP contribution in [-0.2, 0) is 4.79 Å². The summed E-state index contributed by atoms with van der Waals surface area (Å²) in [4.78, 5) is 11.5. The summed E-state index contributed by atoms with van der Waals surface area (Å²) in [6.45, 7) is 1.87. The molecule has 0 saturated carbocycles. The van der Waals surface area contributed by atoms with Crippen molar-refractivity contribution in [2.24, 2.45) is 5.10 Å². The van der Waals surface area contributed by atoms with Crippen molar-refractivity contribution >= 4 is 34.7 Å². The highest BCUT2D eigenvalue weighted by Gasteiger charge is 2.01. The van der Waals surface area contributed by atoms with E-state index in [9.17, 15) is 4.79 Å². The van der Waals surface area contributed by atoms with E-state index < -0.39 is 0 Å². The first-order chi connectivity index (χ1) is 9.63. The van der Waals surface area contributed by atoms with E-state index in [1.807, 2.05) is 31.2 Å². The van der Waals surface area contributed by atoms with Crippen LogP contribution >= 0.6 is 22.6 Å². The van der Waals surface area contributed by atoms with E-state index in [0.29, 0.717) is 11.5 Å². The van der Waals surface area contributed by atoms with Crippen LogP contribution in [0.15, 0.2) is 45.9 Å². The van der Waals surface area contributed by atoms with Gasteiger partial charge in [0, 0.05) is 0 Å². The van der Waals surface area contributed by atoms with E-state index in [-0.39, 0.29) is 12.5 Å². The number of carbonyl (C=O) groups is 1. The van der Waals surface area contributed by atoms with Gasteiger partial charge in [-0.15, -0.1) is 0 Å². The molecule has 0 saturated heterocycles. The zero-order chi connectivity index (χ0) is 14.4. The molecule has 0 radical (unpaired) electrons. The number of nitrogens with one attached hydrogen (secondary N) is 1. The number of aryl methyl sites for hydroxylation is 1. The van der Waals surface area contributed by atoms with Gasteiger partial charge in [0.05, 0.1) is 6.21 Å². The fraction of sp³-hybridized carbons (Fsp3) is 0.143. The van der Waals surface area contributed by atoms with Crippen LogP contribution in [0.25, 0.3) is 0 Å². The first kappa shape index (κ1) is 14.6. The fourth-order valence-electron chi connectivity index (χ4n) is 1.45. The standard InChI is InChI=1S/C14H13IN2O3/c1-10-3-2-4-11(7-10)19-9-14(18)17-16-8-12-5-6-13(15)20-12/h2-8H,9H2,1H3,(H,17,18)/b16-8-. The van der Waals surface area contributed by atoms with Gasteiger partial charge < -0.3 is 9.15 Å². The Morgan fingerprint density at radius 3 is 3.00 bits per heavy atom. The summed E-state index contributed by atoms with van der Waals surface area (Å²) >= 11 is 2.05. The van der Waals surface area contributed by atoms with Crippen LogP contribution in [0.2, 0.25) is 0 Å². The van der Waals surface area contributed by atoms with E-state index >= 15 is 0 Å². The molecular weight excluding hydrogens is 371 g/mol. The molecule has 104 valence electrons. The average Bonchev–Trinajstić information content (AvgIpc) is 2.82. The molecular formula is C14H13IN2O3. The molecule has 2 rings (SSSR count). The number of halogens is 1. The molecule has 1 amide bonds. The van der Waals surface area contributed by atoms with Crippen LogP contribution < -0.4 is 10.2 Å². The number of rotatable bonds is 5. The van der Waals surface area contributed by atoms with Gasteiger partial charge in [-0.05, 0) is 59.3 Å². The predicted octanol–water partition coefficient (Wildman–Crippen LogP) is 2.72. The lowest BCUT2D eigenvalue weighted by Gasteiger charge is -2.05. The average molecular weight is 384 g/mol. The van der Waals surface area contributed by atoms with Crippen molar-refractivity contribution < 1.29 is 13.9 Å². The lowest BCUT2D eigenvalue weighted by molar-refractivity contribution is -0.123. The van der Waals surface area contributed by atoms with Gasteiger partial charge in [-0.2, -0.15) is 5.10 Å². The smallest absolute Gasteiger partial charge is 0.277 e. The lowest BCUT2D eigenvalue weighted by Crippen LogP contribution is -2.24. The maximum atomic E-state index is 11.5. The normalized spacial score (nSPS) is 10.7. The third-order valence-electron chi connectivity index (χ3n) is 2.33.